The maximum atomic E-state index is 13.8. The van der Waals surface area contributed by atoms with Crippen LogP contribution in [0, 0.1) is 12.7 Å². The molecule has 0 spiro atoms. The van der Waals surface area contributed by atoms with E-state index in [0.29, 0.717) is 11.1 Å². The highest BCUT2D eigenvalue weighted by Crippen LogP contribution is 2.19. The molecule has 2 heterocycles. The number of ether oxygens (including phenoxy) is 1. The van der Waals surface area contributed by atoms with Crippen molar-refractivity contribution in [2.45, 2.75) is 26.0 Å². The molecule has 0 radical (unpaired) electrons. The fraction of sp³-hybridized carbons (Fsp3) is 0.167. The molecule has 2 aromatic carbocycles. The lowest BCUT2D eigenvalue weighted by molar-refractivity contribution is -0.148. The normalized spacial score (nSPS) is 11.7. The van der Waals surface area contributed by atoms with Crippen LogP contribution < -0.4 is 5.32 Å². The molecule has 0 saturated heterocycles. The van der Waals surface area contributed by atoms with Crippen LogP contribution in [0.1, 0.15) is 27.6 Å². The Morgan fingerprint density at radius 2 is 1.94 bits per heavy atom. The number of carbonyl (C=O) groups is 2. The van der Waals surface area contributed by atoms with Gasteiger partial charge in [0.25, 0.3) is 11.8 Å². The maximum absolute atomic E-state index is 13.8. The highest BCUT2D eigenvalue weighted by Gasteiger charge is 2.25. The van der Waals surface area contributed by atoms with Crippen LogP contribution in [0.3, 0.4) is 0 Å². The summed E-state index contributed by atoms with van der Waals surface area (Å²) in [5.74, 6) is -1.32. The first-order chi connectivity index (χ1) is 16.0. The first-order valence-corrected chi connectivity index (χ1v) is 10.1. The Bertz CT molecular complexity index is 1240. The second-order valence-corrected chi connectivity index (χ2v) is 7.28. The highest BCUT2D eigenvalue weighted by molar-refractivity contribution is 5.94. The summed E-state index contributed by atoms with van der Waals surface area (Å²) in [7, 11) is 0. The second-order valence-electron chi connectivity index (χ2n) is 7.28. The zero-order chi connectivity index (χ0) is 23.2. The van der Waals surface area contributed by atoms with E-state index in [0.717, 1.165) is 5.56 Å². The molecule has 1 atom stereocenters. The largest absolute Gasteiger partial charge is 0.459 e. The number of aromatic nitrogens is 2. The van der Waals surface area contributed by atoms with Crippen LogP contribution in [-0.4, -0.2) is 28.1 Å². The zero-order valence-electron chi connectivity index (χ0n) is 17.7. The number of nitrogens with zero attached hydrogens (tertiary/aromatic N) is 2. The van der Waals surface area contributed by atoms with Gasteiger partial charge in [-0.05, 0) is 36.2 Å². The van der Waals surface area contributed by atoms with Crippen LogP contribution >= 0.6 is 0 Å². The Labute approximate surface area is 188 Å². The number of carbonyl (C=O) groups excluding carboxylic acids is 2. The van der Waals surface area contributed by atoms with Crippen molar-refractivity contribution in [3.05, 3.63) is 95.5 Å². The third-order valence-electron chi connectivity index (χ3n) is 4.85. The summed E-state index contributed by atoms with van der Waals surface area (Å²) in [6.07, 6.45) is 1.58. The highest BCUT2D eigenvalue weighted by atomic mass is 19.1. The predicted molar refractivity (Wildman–Crippen MR) is 114 cm³/mol. The molecule has 8 nitrogen and oxygen atoms in total. The van der Waals surface area contributed by atoms with Gasteiger partial charge in [-0.1, -0.05) is 47.6 Å². The van der Waals surface area contributed by atoms with E-state index >= 15 is 0 Å². The number of halogens is 1. The lowest BCUT2D eigenvalue weighted by Crippen LogP contribution is -2.43. The van der Waals surface area contributed by atoms with Gasteiger partial charge in [0.1, 0.15) is 11.9 Å². The van der Waals surface area contributed by atoms with Crippen molar-refractivity contribution in [3.63, 3.8) is 0 Å². The lowest BCUT2D eigenvalue weighted by Gasteiger charge is -2.16. The van der Waals surface area contributed by atoms with Crippen molar-refractivity contribution >= 4 is 11.9 Å². The molecule has 0 unspecified atom stereocenters. The van der Waals surface area contributed by atoms with Gasteiger partial charge < -0.3 is 19.0 Å². The Balaban J connectivity index is 1.43. The summed E-state index contributed by atoms with van der Waals surface area (Å²) in [6.45, 7) is 1.35. The molecular weight excluding hydrogens is 429 g/mol. The number of benzene rings is 2. The Hall–Kier alpha value is -4.27. The van der Waals surface area contributed by atoms with Crippen LogP contribution in [0.4, 0.5) is 4.39 Å². The van der Waals surface area contributed by atoms with E-state index in [4.69, 9.17) is 13.7 Å². The van der Waals surface area contributed by atoms with Gasteiger partial charge in [-0.25, -0.2) is 9.18 Å². The molecule has 1 N–H and O–H groups in total. The maximum Gasteiger partial charge on any atom is 0.329 e. The monoisotopic (exact) mass is 449 g/mol. The lowest BCUT2D eigenvalue weighted by atomic mass is 10.1. The predicted octanol–water partition coefficient (Wildman–Crippen LogP) is 3.86. The smallest absolute Gasteiger partial charge is 0.329 e. The fourth-order valence-electron chi connectivity index (χ4n) is 3.08. The SMILES string of the molecule is Cc1ccc(-c2noc(COC(=O)[C@H](Cc3ccccc3)NC(=O)c3ccco3)n2)cc1F. The van der Waals surface area contributed by atoms with Crippen molar-refractivity contribution in [2.75, 3.05) is 0 Å². The summed E-state index contributed by atoms with van der Waals surface area (Å²) < 4.78 is 29.3. The van der Waals surface area contributed by atoms with E-state index in [1.54, 1.807) is 25.1 Å². The molecule has 33 heavy (non-hydrogen) atoms. The molecule has 0 aliphatic carbocycles. The first-order valence-electron chi connectivity index (χ1n) is 10.1. The van der Waals surface area contributed by atoms with Crippen LogP contribution in [0.2, 0.25) is 0 Å². The topological polar surface area (TPSA) is 107 Å². The van der Waals surface area contributed by atoms with Crippen molar-refractivity contribution in [3.8, 4) is 11.4 Å². The second kappa shape index (κ2) is 9.90. The number of nitrogens with one attached hydrogen (secondary N) is 1. The van der Waals surface area contributed by atoms with Gasteiger partial charge in [-0.15, -0.1) is 0 Å². The van der Waals surface area contributed by atoms with Gasteiger partial charge in [-0.2, -0.15) is 4.98 Å². The molecule has 2 aromatic heterocycles. The van der Waals surface area contributed by atoms with Crippen molar-refractivity contribution in [1.82, 2.24) is 15.5 Å². The minimum atomic E-state index is -0.974. The van der Waals surface area contributed by atoms with Crippen molar-refractivity contribution in [1.29, 1.82) is 0 Å². The number of hydrogen-bond donors (Lipinski definition) is 1. The number of furan rings is 1. The Kier molecular flexibility index (Phi) is 6.58. The molecule has 168 valence electrons. The van der Waals surface area contributed by atoms with Crippen LogP contribution in [0.15, 0.2) is 75.9 Å². The molecule has 9 heteroatoms. The fourth-order valence-corrected chi connectivity index (χ4v) is 3.08. The first kappa shape index (κ1) is 21.9. The Morgan fingerprint density at radius 3 is 2.67 bits per heavy atom. The third-order valence-corrected chi connectivity index (χ3v) is 4.85. The van der Waals surface area contributed by atoms with Gasteiger partial charge in [0.2, 0.25) is 5.82 Å². The van der Waals surface area contributed by atoms with Crippen LogP contribution in [0.25, 0.3) is 11.4 Å². The average molecular weight is 449 g/mol. The number of amides is 1. The summed E-state index contributed by atoms with van der Waals surface area (Å²) >= 11 is 0. The van der Waals surface area contributed by atoms with Gasteiger partial charge in [0.15, 0.2) is 12.4 Å². The molecule has 1 amide bonds. The number of rotatable bonds is 8. The van der Waals surface area contributed by atoms with E-state index in [1.165, 1.54) is 18.4 Å². The molecule has 0 aliphatic heterocycles. The van der Waals surface area contributed by atoms with E-state index in [9.17, 15) is 14.0 Å². The summed E-state index contributed by atoms with van der Waals surface area (Å²) in [6, 6.07) is 15.9. The number of hydrogen-bond acceptors (Lipinski definition) is 7. The molecule has 4 aromatic rings. The molecule has 0 bridgehead atoms. The summed E-state index contributed by atoms with van der Waals surface area (Å²) in [5.41, 5.74) is 1.77. The molecular formula is C24H20FN3O5. The third kappa shape index (κ3) is 5.51. The molecule has 0 saturated carbocycles. The van der Waals surface area contributed by atoms with Crippen LogP contribution in [0.5, 0.6) is 0 Å². The quantitative estimate of drug-likeness (QED) is 0.407. The summed E-state index contributed by atoms with van der Waals surface area (Å²) in [5, 5.41) is 6.43. The van der Waals surface area contributed by atoms with E-state index < -0.39 is 17.9 Å². The molecule has 4 rings (SSSR count). The molecule has 0 aliphatic rings. The average Bonchev–Trinajstić information content (AvgIpc) is 3.52. The van der Waals surface area contributed by atoms with Crippen LogP contribution in [-0.2, 0) is 22.6 Å². The Morgan fingerprint density at radius 1 is 1.12 bits per heavy atom. The van der Waals surface area contributed by atoms with E-state index in [1.807, 2.05) is 30.3 Å². The number of esters is 1. The van der Waals surface area contributed by atoms with Crippen molar-refractivity contribution < 1.29 is 27.7 Å². The standard InChI is InChI=1S/C24H20FN3O5/c1-15-9-10-17(13-18(15)25)22-27-21(33-28-22)14-32-24(30)19(12-16-6-3-2-4-7-16)26-23(29)20-8-5-11-31-20/h2-11,13,19H,12,14H2,1H3,(H,26,29)/t19-/m0/s1. The zero-order valence-corrected chi connectivity index (χ0v) is 17.7. The van der Waals surface area contributed by atoms with Gasteiger partial charge in [0, 0.05) is 12.0 Å². The van der Waals surface area contributed by atoms with E-state index in [-0.39, 0.29) is 36.3 Å². The number of aryl methyl sites for hydroxylation is 1. The summed E-state index contributed by atoms with van der Waals surface area (Å²) in [4.78, 5) is 29.3. The van der Waals surface area contributed by atoms with Gasteiger partial charge >= 0.3 is 5.97 Å². The molecule has 0 fully saturated rings. The van der Waals surface area contributed by atoms with Gasteiger partial charge in [-0.3, -0.25) is 4.79 Å². The van der Waals surface area contributed by atoms with Gasteiger partial charge in [0.05, 0.1) is 6.26 Å². The minimum Gasteiger partial charge on any atom is -0.459 e. The van der Waals surface area contributed by atoms with Crippen molar-refractivity contribution in [2.24, 2.45) is 0 Å². The minimum absolute atomic E-state index is 0.0372. The van der Waals surface area contributed by atoms with E-state index in [2.05, 4.69) is 15.5 Å².